The number of halogens is 2. The third-order valence-corrected chi connectivity index (χ3v) is 2.76. The van der Waals surface area contributed by atoms with Crippen molar-refractivity contribution < 1.29 is 9.90 Å². The molecule has 0 spiro atoms. The summed E-state index contributed by atoms with van der Waals surface area (Å²) in [6.07, 6.45) is 7.87. The molecule has 0 fully saturated rings. The summed E-state index contributed by atoms with van der Waals surface area (Å²) in [5.74, 6) is -0.978. The third kappa shape index (κ3) is 4.43. The molecule has 1 N–H and O–H groups in total. The van der Waals surface area contributed by atoms with Crippen LogP contribution in [0.1, 0.15) is 11.1 Å². The molecule has 2 rings (SSSR count). The second-order valence-corrected chi connectivity index (χ2v) is 4.16. The Bertz CT molecular complexity index is 580. The lowest BCUT2D eigenvalue weighted by molar-refractivity contribution is -0.131. The quantitative estimate of drug-likeness (QED) is 0.883. The molecule has 0 radical (unpaired) electrons. The molecule has 0 saturated heterocycles. The van der Waals surface area contributed by atoms with Gasteiger partial charge in [-0.25, -0.2) is 9.78 Å². The Labute approximate surface area is 121 Å². The predicted molar refractivity (Wildman–Crippen MR) is 76.7 cm³/mol. The van der Waals surface area contributed by atoms with Crippen LogP contribution in [0, 0.1) is 0 Å². The van der Waals surface area contributed by atoms with Crippen molar-refractivity contribution in [2.24, 2.45) is 0 Å². The molecule has 0 aliphatic carbocycles. The highest BCUT2D eigenvalue weighted by atomic mass is 35.5. The fourth-order valence-electron chi connectivity index (χ4n) is 1.54. The van der Waals surface area contributed by atoms with Crippen molar-refractivity contribution in [3.05, 3.63) is 59.1 Å². The van der Waals surface area contributed by atoms with Crippen LogP contribution in [0.4, 0.5) is 0 Å². The number of aromatic nitrogens is 2. The molecular weight excluding hydrogens is 287 g/mol. The molecule has 100 valence electrons. The first-order valence-corrected chi connectivity index (χ1v) is 5.68. The molecule has 0 atom stereocenters. The van der Waals surface area contributed by atoms with Crippen LogP contribution in [0.5, 0.6) is 0 Å². The highest BCUT2D eigenvalue weighted by Crippen LogP contribution is 2.19. The van der Waals surface area contributed by atoms with Crippen molar-refractivity contribution in [2.45, 2.75) is 6.54 Å². The fourth-order valence-corrected chi connectivity index (χ4v) is 1.79. The molecule has 1 aromatic carbocycles. The van der Waals surface area contributed by atoms with Gasteiger partial charge in [0.15, 0.2) is 0 Å². The summed E-state index contributed by atoms with van der Waals surface area (Å²) in [6, 6.07) is 5.45. The van der Waals surface area contributed by atoms with Gasteiger partial charge in [-0.3, -0.25) is 0 Å². The van der Waals surface area contributed by atoms with Gasteiger partial charge in [0.05, 0.1) is 6.33 Å². The second-order valence-electron chi connectivity index (χ2n) is 3.76. The van der Waals surface area contributed by atoms with Crippen LogP contribution in [0.15, 0.2) is 43.0 Å². The van der Waals surface area contributed by atoms with Crippen molar-refractivity contribution in [3.63, 3.8) is 0 Å². The van der Waals surface area contributed by atoms with Crippen LogP contribution in [0.3, 0.4) is 0 Å². The summed E-state index contributed by atoms with van der Waals surface area (Å²) in [7, 11) is 0. The van der Waals surface area contributed by atoms with Gasteiger partial charge in [-0.1, -0.05) is 23.7 Å². The van der Waals surface area contributed by atoms with Gasteiger partial charge in [-0.05, 0) is 23.3 Å². The van der Waals surface area contributed by atoms with Gasteiger partial charge in [-0.2, -0.15) is 0 Å². The Morgan fingerprint density at radius 3 is 2.84 bits per heavy atom. The van der Waals surface area contributed by atoms with Crippen molar-refractivity contribution >= 4 is 36.1 Å². The zero-order valence-corrected chi connectivity index (χ0v) is 11.4. The van der Waals surface area contributed by atoms with Crippen LogP contribution >= 0.6 is 24.0 Å². The van der Waals surface area contributed by atoms with Gasteiger partial charge in [0.2, 0.25) is 0 Å². The van der Waals surface area contributed by atoms with Gasteiger partial charge < -0.3 is 9.67 Å². The monoisotopic (exact) mass is 298 g/mol. The SMILES string of the molecule is Cl.O=C(O)/C=C/c1ccc(Cn2ccnc2)c(Cl)c1. The molecule has 0 aliphatic heterocycles. The summed E-state index contributed by atoms with van der Waals surface area (Å²) < 4.78 is 1.91. The zero-order valence-electron chi connectivity index (χ0n) is 9.86. The van der Waals surface area contributed by atoms with E-state index in [1.807, 2.05) is 22.9 Å². The smallest absolute Gasteiger partial charge is 0.328 e. The minimum atomic E-state index is -0.978. The van der Waals surface area contributed by atoms with Crippen LogP contribution in [-0.4, -0.2) is 20.6 Å². The Morgan fingerprint density at radius 1 is 1.47 bits per heavy atom. The number of benzene rings is 1. The maximum absolute atomic E-state index is 10.4. The van der Waals surface area contributed by atoms with E-state index < -0.39 is 5.97 Å². The number of rotatable bonds is 4. The van der Waals surface area contributed by atoms with E-state index in [2.05, 4.69) is 4.98 Å². The van der Waals surface area contributed by atoms with E-state index in [4.69, 9.17) is 16.7 Å². The zero-order chi connectivity index (χ0) is 13.0. The first-order valence-electron chi connectivity index (χ1n) is 5.30. The number of hydrogen-bond acceptors (Lipinski definition) is 2. The molecule has 0 aliphatic rings. The van der Waals surface area contributed by atoms with Crippen molar-refractivity contribution in [2.75, 3.05) is 0 Å². The minimum Gasteiger partial charge on any atom is -0.478 e. The summed E-state index contributed by atoms with van der Waals surface area (Å²) in [5.41, 5.74) is 1.72. The maximum atomic E-state index is 10.4. The summed E-state index contributed by atoms with van der Waals surface area (Å²) in [4.78, 5) is 14.4. The second kappa shape index (κ2) is 6.97. The molecular formula is C13H12Cl2N2O2. The van der Waals surface area contributed by atoms with E-state index in [0.717, 1.165) is 17.2 Å². The lowest BCUT2D eigenvalue weighted by Gasteiger charge is -2.06. The Kier molecular flexibility index (Phi) is 5.60. The number of carbonyl (C=O) groups is 1. The number of aliphatic carboxylic acids is 1. The Hall–Kier alpha value is -1.78. The van der Waals surface area contributed by atoms with Crippen LogP contribution in [0.25, 0.3) is 6.08 Å². The van der Waals surface area contributed by atoms with Crippen LogP contribution in [0.2, 0.25) is 5.02 Å². The number of nitrogens with zero attached hydrogens (tertiary/aromatic N) is 2. The molecule has 0 unspecified atom stereocenters. The molecule has 0 amide bonds. The number of hydrogen-bond donors (Lipinski definition) is 1. The highest BCUT2D eigenvalue weighted by molar-refractivity contribution is 6.31. The van der Waals surface area contributed by atoms with Gasteiger partial charge in [0.25, 0.3) is 0 Å². The first kappa shape index (κ1) is 15.3. The van der Waals surface area contributed by atoms with E-state index in [1.165, 1.54) is 6.08 Å². The molecule has 0 saturated carbocycles. The lowest BCUT2D eigenvalue weighted by Crippen LogP contribution is -1.97. The van der Waals surface area contributed by atoms with Gasteiger partial charge >= 0.3 is 5.97 Å². The van der Waals surface area contributed by atoms with E-state index in [0.29, 0.717) is 11.6 Å². The molecule has 0 bridgehead atoms. The highest BCUT2D eigenvalue weighted by Gasteiger charge is 2.02. The Morgan fingerprint density at radius 2 is 2.26 bits per heavy atom. The molecule has 6 heteroatoms. The summed E-state index contributed by atoms with van der Waals surface area (Å²) in [5, 5.41) is 9.15. The van der Waals surface area contributed by atoms with Crippen molar-refractivity contribution in [1.29, 1.82) is 0 Å². The van der Waals surface area contributed by atoms with Crippen LogP contribution in [-0.2, 0) is 11.3 Å². The standard InChI is InChI=1S/C13H11ClN2O2.ClH/c14-12-7-10(2-4-13(17)18)1-3-11(12)8-16-6-5-15-9-16;/h1-7,9H,8H2,(H,17,18);1H/b4-2+;. The summed E-state index contributed by atoms with van der Waals surface area (Å²) in [6.45, 7) is 0.641. The summed E-state index contributed by atoms with van der Waals surface area (Å²) >= 11 is 6.15. The Balaban J connectivity index is 0.00000180. The topological polar surface area (TPSA) is 55.1 Å². The largest absolute Gasteiger partial charge is 0.478 e. The van der Waals surface area contributed by atoms with E-state index in [-0.39, 0.29) is 12.4 Å². The van der Waals surface area contributed by atoms with Gasteiger partial charge in [0.1, 0.15) is 0 Å². The maximum Gasteiger partial charge on any atom is 0.328 e. The number of imidazole rings is 1. The van der Waals surface area contributed by atoms with E-state index in [9.17, 15) is 4.79 Å². The molecule has 1 aromatic heterocycles. The van der Waals surface area contributed by atoms with Crippen molar-refractivity contribution in [1.82, 2.24) is 9.55 Å². The predicted octanol–water partition coefficient (Wildman–Crippen LogP) is 3.10. The minimum absolute atomic E-state index is 0. The van der Waals surface area contributed by atoms with Crippen LogP contribution < -0.4 is 0 Å². The number of carboxylic acid groups (broad SMARTS) is 1. The molecule has 19 heavy (non-hydrogen) atoms. The average molecular weight is 299 g/mol. The molecule has 1 heterocycles. The number of carboxylic acids is 1. The molecule has 2 aromatic rings. The average Bonchev–Trinajstić information content (AvgIpc) is 2.82. The van der Waals surface area contributed by atoms with Crippen molar-refractivity contribution in [3.8, 4) is 0 Å². The fraction of sp³-hybridized carbons (Fsp3) is 0.0769. The van der Waals surface area contributed by atoms with Gasteiger partial charge in [0, 0.05) is 30.0 Å². The first-order chi connectivity index (χ1) is 8.65. The molecule has 4 nitrogen and oxygen atoms in total. The van der Waals surface area contributed by atoms with E-state index in [1.54, 1.807) is 18.6 Å². The third-order valence-electron chi connectivity index (χ3n) is 2.41. The normalized spacial score (nSPS) is 10.4. The van der Waals surface area contributed by atoms with Gasteiger partial charge in [-0.15, -0.1) is 12.4 Å². The lowest BCUT2D eigenvalue weighted by atomic mass is 10.1. The van der Waals surface area contributed by atoms with E-state index >= 15 is 0 Å².